The van der Waals surface area contributed by atoms with Crippen molar-refractivity contribution in [1.29, 1.82) is 0 Å². The van der Waals surface area contributed by atoms with E-state index in [0.29, 0.717) is 12.0 Å². The van der Waals surface area contributed by atoms with Gasteiger partial charge in [-0.05, 0) is 12.8 Å². The maximum atomic E-state index is 5.83. The van der Waals surface area contributed by atoms with Crippen molar-refractivity contribution in [1.82, 2.24) is 9.55 Å². The number of rotatable bonds is 1. The minimum Gasteiger partial charge on any atom is -0.369 e. The number of aromatic nitrogens is 2. The molecule has 0 aromatic carbocycles. The number of nitrogens with two attached hydrogens (primary N) is 1. The third-order valence-electron chi connectivity index (χ3n) is 2.51. The first-order valence-electron chi connectivity index (χ1n) is 4.83. The summed E-state index contributed by atoms with van der Waals surface area (Å²) in [6.45, 7) is 6.59. The van der Waals surface area contributed by atoms with E-state index in [1.54, 1.807) is 0 Å². The first-order chi connectivity index (χ1) is 6.00. The average molecular weight is 179 g/mol. The van der Waals surface area contributed by atoms with Gasteiger partial charge in [0.2, 0.25) is 5.95 Å². The van der Waals surface area contributed by atoms with Gasteiger partial charge in [0.1, 0.15) is 0 Å². The molecule has 0 aliphatic heterocycles. The van der Waals surface area contributed by atoms with Crippen molar-refractivity contribution in [2.45, 2.75) is 45.1 Å². The predicted octanol–water partition coefficient (Wildman–Crippen LogP) is 2.10. The number of anilines is 1. The monoisotopic (exact) mass is 179 g/mol. The van der Waals surface area contributed by atoms with Crippen LogP contribution < -0.4 is 5.73 Å². The zero-order valence-corrected chi connectivity index (χ0v) is 8.54. The van der Waals surface area contributed by atoms with Gasteiger partial charge >= 0.3 is 0 Å². The molecule has 0 saturated heterocycles. The standard InChI is InChI=1S/C10H17N3/c1-10(2,3)8-6-12-9(11)13(8)7-4-5-7/h6-7H,4-5H2,1-3H3,(H2,11,12). The van der Waals surface area contributed by atoms with E-state index in [1.165, 1.54) is 18.5 Å². The lowest BCUT2D eigenvalue weighted by atomic mass is 9.92. The Kier molecular flexibility index (Phi) is 1.65. The van der Waals surface area contributed by atoms with Gasteiger partial charge in [-0.3, -0.25) is 0 Å². The summed E-state index contributed by atoms with van der Waals surface area (Å²) in [4.78, 5) is 4.19. The third kappa shape index (κ3) is 1.43. The Bertz CT molecular complexity index is 315. The van der Waals surface area contributed by atoms with Crippen molar-refractivity contribution in [2.24, 2.45) is 0 Å². The number of imidazole rings is 1. The molecule has 1 aromatic heterocycles. The summed E-state index contributed by atoms with van der Waals surface area (Å²) < 4.78 is 2.19. The van der Waals surface area contributed by atoms with Crippen molar-refractivity contribution in [3.63, 3.8) is 0 Å². The second-order valence-corrected chi connectivity index (χ2v) is 4.85. The summed E-state index contributed by atoms with van der Waals surface area (Å²) in [6, 6.07) is 0.622. The molecule has 1 fully saturated rings. The van der Waals surface area contributed by atoms with Crippen LogP contribution in [0.1, 0.15) is 45.3 Å². The van der Waals surface area contributed by atoms with E-state index in [0.717, 1.165) is 0 Å². The van der Waals surface area contributed by atoms with Crippen LogP contribution in [0.3, 0.4) is 0 Å². The van der Waals surface area contributed by atoms with Crippen LogP contribution in [0.4, 0.5) is 5.95 Å². The number of nitrogen functional groups attached to an aromatic ring is 1. The zero-order chi connectivity index (χ0) is 9.64. The van der Waals surface area contributed by atoms with Crippen molar-refractivity contribution in [3.05, 3.63) is 11.9 Å². The van der Waals surface area contributed by atoms with Gasteiger partial charge < -0.3 is 10.3 Å². The molecule has 1 saturated carbocycles. The molecule has 72 valence electrons. The highest BCUT2D eigenvalue weighted by Gasteiger charge is 2.31. The van der Waals surface area contributed by atoms with Crippen LogP contribution in [0.5, 0.6) is 0 Å². The number of hydrogen-bond donors (Lipinski definition) is 1. The van der Waals surface area contributed by atoms with Crippen LogP contribution in [-0.4, -0.2) is 9.55 Å². The molecule has 13 heavy (non-hydrogen) atoms. The molecule has 0 amide bonds. The van der Waals surface area contributed by atoms with Crippen LogP contribution in [0, 0.1) is 0 Å². The Hall–Kier alpha value is -0.990. The fourth-order valence-corrected chi connectivity index (χ4v) is 1.65. The van der Waals surface area contributed by atoms with E-state index < -0.39 is 0 Å². The van der Waals surface area contributed by atoms with Crippen molar-refractivity contribution >= 4 is 5.95 Å². The first-order valence-corrected chi connectivity index (χ1v) is 4.83. The molecule has 1 aromatic rings. The van der Waals surface area contributed by atoms with Crippen LogP contribution >= 0.6 is 0 Å². The van der Waals surface area contributed by atoms with E-state index >= 15 is 0 Å². The van der Waals surface area contributed by atoms with Crippen LogP contribution in [0.15, 0.2) is 6.20 Å². The Morgan fingerprint density at radius 2 is 2.08 bits per heavy atom. The third-order valence-corrected chi connectivity index (χ3v) is 2.51. The second-order valence-electron chi connectivity index (χ2n) is 4.85. The van der Waals surface area contributed by atoms with E-state index in [1.807, 2.05) is 6.20 Å². The topological polar surface area (TPSA) is 43.8 Å². The first kappa shape index (κ1) is 8.60. The largest absolute Gasteiger partial charge is 0.369 e. The lowest BCUT2D eigenvalue weighted by Gasteiger charge is -2.20. The lowest BCUT2D eigenvalue weighted by Crippen LogP contribution is -2.18. The summed E-state index contributed by atoms with van der Waals surface area (Å²) in [5.41, 5.74) is 7.23. The van der Waals surface area contributed by atoms with Crippen LogP contribution in [0.25, 0.3) is 0 Å². The second kappa shape index (κ2) is 2.50. The van der Waals surface area contributed by atoms with E-state index in [4.69, 9.17) is 5.73 Å². The molecule has 3 nitrogen and oxygen atoms in total. The summed E-state index contributed by atoms with van der Waals surface area (Å²) in [5.74, 6) is 0.674. The molecule has 1 aliphatic carbocycles. The van der Waals surface area contributed by atoms with Crippen molar-refractivity contribution < 1.29 is 0 Å². The van der Waals surface area contributed by atoms with E-state index in [2.05, 4.69) is 30.3 Å². The van der Waals surface area contributed by atoms with Gasteiger partial charge in [0.25, 0.3) is 0 Å². The molecular weight excluding hydrogens is 162 g/mol. The Balaban J connectivity index is 2.45. The van der Waals surface area contributed by atoms with Crippen molar-refractivity contribution in [2.75, 3.05) is 5.73 Å². The number of nitrogens with zero attached hydrogens (tertiary/aromatic N) is 2. The molecule has 0 spiro atoms. The molecule has 0 radical (unpaired) electrons. The molecule has 0 atom stereocenters. The highest BCUT2D eigenvalue weighted by atomic mass is 15.2. The fourth-order valence-electron chi connectivity index (χ4n) is 1.65. The summed E-state index contributed by atoms with van der Waals surface area (Å²) >= 11 is 0. The lowest BCUT2D eigenvalue weighted by molar-refractivity contribution is 0.524. The molecule has 2 rings (SSSR count). The number of hydrogen-bond acceptors (Lipinski definition) is 2. The Labute approximate surface area is 79.0 Å². The van der Waals surface area contributed by atoms with Gasteiger partial charge in [-0.25, -0.2) is 4.98 Å². The van der Waals surface area contributed by atoms with Gasteiger partial charge in [0, 0.05) is 17.2 Å². The highest BCUT2D eigenvalue weighted by molar-refractivity contribution is 5.29. The highest BCUT2D eigenvalue weighted by Crippen LogP contribution is 2.40. The maximum absolute atomic E-state index is 5.83. The fraction of sp³-hybridized carbons (Fsp3) is 0.700. The maximum Gasteiger partial charge on any atom is 0.200 e. The minimum absolute atomic E-state index is 0.146. The SMILES string of the molecule is CC(C)(C)c1cnc(N)n1C1CC1. The normalized spacial score (nSPS) is 17.8. The Morgan fingerprint density at radius 1 is 1.46 bits per heavy atom. The smallest absolute Gasteiger partial charge is 0.200 e. The average Bonchev–Trinajstić information content (AvgIpc) is 2.73. The van der Waals surface area contributed by atoms with Crippen LogP contribution in [0.2, 0.25) is 0 Å². The molecular formula is C10H17N3. The van der Waals surface area contributed by atoms with Gasteiger partial charge in [-0.2, -0.15) is 0 Å². The summed E-state index contributed by atoms with van der Waals surface area (Å²) in [5, 5.41) is 0. The van der Waals surface area contributed by atoms with Crippen LogP contribution in [-0.2, 0) is 5.41 Å². The van der Waals surface area contributed by atoms with Gasteiger partial charge in [-0.1, -0.05) is 20.8 Å². The molecule has 3 heteroatoms. The molecule has 2 N–H and O–H groups in total. The molecule has 1 heterocycles. The zero-order valence-electron chi connectivity index (χ0n) is 8.54. The van der Waals surface area contributed by atoms with Gasteiger partial charge in [0.05, 0.1) is 6.20 Å². The van der Waals surface area contributed by atoms with Gasteiger partial charge in [-0.15, -0.1) is 0 Å². The Morgan fingerprint density at radius 3 is 2.54 bits per heavy atom. The van der Waals surface area contributed by atoms with E-state index in [9.17, 15) is 0 Å². The van der Waals surface area contributed by atoms with E-state index in [-0.39, 0.29) is 5.41 Å². The molecule has 0 bridgehead atoms. The quantitative estimate of drug-likeness (QED) is 0.717. The summed E-state index contributed by atoms with van der Waals surface area (Å²) in [7, 11) is 0. The summed E-state index contributed by atoms with van der Waals surface area (Å²) in [6.07, 6.45) is 4.42. The van der Waals surface area contributed by atoms with Crippen molar-refractivity contribution in [3.8, 4) is 0 Å². The molecule has 0 unspecified atom stereocenters. The van der Waals surface area contributed by atoms with Gasteiger partial charge in [0.15, 0.2) is 0 Å². The molecule has 1 aliphatic rings. The minimum atomic E-state index is 0.146. The predicted molar refractivity (Wildman–Crippen MR) is 53.6 cm³/mol.